The molecule has 5 N–H and O–H groups in total. The van der Waals surface area contributed by atoms with E-state index in [0.717, 1.165) is 5.56 Å². The summed E-state index contributed by atoms with van der Waals surface area (Å²) in [5, 5.41) is 5.22. The number of benzene rings is 3. The Morgan fingerprint density at radius 1 is 0.886 bits per heavy atom. The predicted octanol–water partition coefficient (Wildman–Crippen LogP) is 2.96. The minimum atomic E-state index is -3.96. The molecule has 0 fully saturated rings. The fraction of sp³-hybridized carbons (Fsp3) is 0.160. The summed E-state index contributed by atoms with van der Waals surface area (Å²) in [4.78, 5) is 36.3. The Hall–Kier alpha value is -4.18. The second-order valence-electron chi connectivity index (χ2n) is 7.92. The minimum absolute atomic E-state index is 0.0164. The first kappa shape index (κ1) is 25.4. The molecule has 0 spiro atoms. The van der Waals surface area contributed by atoms with Crippen molar-refractivity contribution in [3.05, 3.63) is 89.0 Å². The predicted molar refractivity (Wildman–Crippen MR) is 134 cm³/mol. The molecular weight excluding hydrogens is 468 g/mol. The molecule has 0 unspecified atom stereocenters. The van der Waals surface area contributed by atoms with E-state index in [-0.39, 0.29) is 34.7 Å². The maximum absolute atomic E-state index is 13.0. The van der Waals surface area contributed by atoms with Gasteiger partial charge < -0.3 is 16.4 Å². The molecule has 0 saturated carbocycles. The number of aryl methyl sites for hydroxylation is 2. The molecular formula is C25H26N4O5S. The van der Waals surface area contributed by atoms with Crippen molar-refractivity contribution in [2.24, 2.45) is 5.73 Å². The van der Waals surface area contributed by atoms with Crippen LogP contribution in [0.1, 0.15) is 38.3 Å². The van der Waals surface area contributed by atoms with Crippen LogP contribution in [0.25, 0.3) is 0 Å². The van der Waals surface area contributed by atoms with Gasteiger partial charge in [-0.2, -0.15) is 0 Å². The van der Waals surface area contributed by atoms with E-state index in [0.29, 0.717) is 11.3 Å². The van der Waals surface area contributed by atoms with E-state index in [4.69, 9.17) is 5.73 Å². The molecule has 3 aromatic carbocycles. The lowest BCUT2D eigenvalue weighted by Gasteiger charge is -2.14. The third-order valence-electron chi connectivity index (χ3n) is 5.12. The van der Waals surface area contributed by atoms with Gasteiger partial charge in [-0.3, -0.25) is 19.1 Å². The van der Waals surface area contributed by atoms with E-state index in [1.807, 2.05) is 6.92 Å². The Labute approximate surface area is 203 Å². The van der Waals surface area contributed by atoms with Crippen LogP contribution in [-0.4, -0.2) is 32.7 Å². The Bertz CT molecular complexity index is 1370. The molecule has 0 saturated heterocycles. The van der Waals surface area contributed by atoms with Crippen LogP contribution in [0.2, 0.25) is 0 Å². The van der Waals surface area contributed by atoms with E-state index in [2.05, 4.69) is 15.4 Å². The summed E-state index contributed by atoms with van der Waals surface area (Å²) in [6, 6.07) is 17.6. The number of hydrogen-bond donors (Lipinski definition) is 4. The lowest BCUT2D eigenvalue weighted by molar-refractivity contribution is -0.117. The van der Waals surface area contributed by atoms with E-state index in [9.17, 15) is 22.8 Å². The molecule has 9 nitrogen and oxygen atoms in total. The zero-order chi connectivity index (χ0) is 25.6. The quantitative estimate of drug-likeness (QED) is 0.361. The third kappa shape index (κ3) is 6.67. The monoisotopic (exact) mass is 494 g/mol. The summed E-state index contributed by atoms with van der Waals surface area (Å²) in [6.07, 6.45) is -0.0164. The van der Waals surface area contributed by atoms with Gasteiger partial charge in [0.15, 0.2) is 0 Å². The second-order valence-corrected chi connectivity index (χ2v) is 9.57. The number of nitrogens with two attached hydrogens (primary N) is 1. The highest BCUT2D eigenvalue weighted by Gasteiger charge is 2.20. The molecule has 3 aromatic rings. The molecule has 10 heteroatoms. The summed E-state index contributed by atoms with van der Waals surface area (Å²) in [5.41, 5.74) is 7.47. The number of amides is 3. The highest BCUT2D eigenvalue weighted by molar-refractivity contribution is 7.92. The van der Waals surface area contributed by atoms with Crippen molar-refractivity contribution in [3.8, 4) is 0 Å². The summed E-state index contributed by atoms with van der Waals surface area (Å²) >= 11 is 0. The molecule has 182 valence electrons. The Morgan fingerprint density at radius 3 is 2.26 bits per heavy atom. The molecule has 0 aliphatic heterocycles. The van der Waals surface area contributed by atoms with Gasteiger partial charge in [0, 0.05) is 24.2 Å². The first-order valence-electron chi connectivity index (χ1n) is 10.7. The van der Waals surface area contributed by atoms with Gasteiger partial charge in [-0.15, -0.1) is 0 Å². The molecule has 0 aliphatic rings. The zero-order valence-corrected chi connectivity index (χ0v) is 20.1. The Morgan fingerprint density at radius 2 is 1.57 bits per heavy atom. The standard InChI is InChI=1S/C25H26N4O5S/c1-16-7-11-19(12-8-16)29-35(33,34)22-15-18(10-9-17(22)2)24(31)28-21-6-4-3-5-20(21)25(32)27-14-13-23(26)30/h3-12,15,29H,13-14H2,1-2H3,(H2,26,30)(H,27,32)(H,28,31). The molecule has 0 aliphatic carbocycles. The number of nitrogens with one attached hydrogen (secondary N) is 3. The van der Waals surface area contributed by atoms with Crippen molar-refractivity contribution in [1.82, 2.24) is 5.32 Å². The average Bonchev–Trinajstić information content (AvgIpc) is 2.80. The smallest absolute Gasteiger partial charge is 0.262 e. The van der Waals surface area contributed by atoms with Gasteiger partial charge in [0.25, 0.3) is 21.8 Å². The van der Waals surface area contributed by atoms with Crippen LogP contribution < -0.4 is 21.1 Å². The summed E-state index contributed by atoms with van der Waals surface area (Å²) in [6.45, 7) is 3.59. The number of primary amides is 1. The molecule has 0 radical (unpaired) electrons. The van der Waals surface area contributed by atoms with Crippen LogP contribution in [0.3, 0.4) is 0 Å². The third-order valence-corrected chi connectivity index (χ3v) is 6.64. The molecule has 3 rings (SSSR count). The van der Waals surface area contributed by atoms with Crippen LogP contribution in [0.15, 0.2) is 71.6 Å². The van der Waals surface area contributed by atoms with E-state index < -0.39 is 27.7 Å². The van der Waals surface area contributed by atoms with Crippen molar-refractivity contribution in [2.75, 3.05) is 16.6 Å². The van der Waals surface area contributed by atoms with Crippen molar-refractivity contribution >= 4 is 39.1 Å². The number of anilines is 2. The highest BCUT2D eigenvalue weighted by atomic mass is 32.2. The van der Waals surface area contributed by atoms with E-state index >= 15 is 0 Å². The lowest BCUT2D eigenvalue weighted by Crippen LogP contribution is -2.28. The van der Waals surface area contributed by atoms with Crippen LogP contribution in [-0.2, 0) is 14.8 Å². The topological polar surface area (TPSA) is 147 Å². The number of carbonyl (C=O) groups excluding carboxylic acids is 3. The highest BCUT2D eigenvalue weighted by Crippen LogP contribution is 2.23. The zero-order valence-electron chi connectivity index (χ0n) is 19.3. The van der Waals surface area contributed by atoms with Crippen LogP contribution in [0, 0.1) is 13.8 Å². The van der Waals surface area contributed by atoms with Gasteiger partial charge in [0.2, 0.25) is 5.91 Å². The largest absolute Gasteiger partial charge is 0.370 e. The minimum Gasteiger partial charge on any atom is -0.370 e. The average molecular weight is 495 g/mol. The van der Waals surface area contributed by atoms with Gasteiger partial charge >= 0.3 is 0 Å². The Balaban J connectivity index is 1.81. The molecule has 3 amide bonds. The molecule has 0 heterocycles. The van der Waals surface area contributed by atoms with Gasteiger partial charge in [-0.25, -0.2) is 8.42 Å². The van der Waals surface area contributed by atoms with Gasteiger partial charge in [-0.05, 0) is 55.8 Å². The SMILES string of the molecule is Cc1ccc(NS(=O)(=O)c2cc(C(=O)Nc3ccccc3C(=O)NCCC(N)=O)ccc2C)cc1. The van der Waals surface area contributed by atoms with Crippen LogP contribution in [0.5, 0.6) is 0 Å². The van der Waals surface area contributed by atoms with Crippen LogP contribution >= 0.6 is 0 Å². The van der Waals surface area contributed by atoms with Crippen molar-refractivity contribution < 1.29 is 22.8 Å². The van der Waals surface area contributed by atoms with Crippen molar-refractivity contribution in [3.63, 3.8) is 0 Å². The number of hydrogen-bond acceptors (Lipinski definition) is 5. The Kier molecular flexibility index (Phi) is 7.87. The van der Waals surface area contributed by atoms with E-state index in [1.54, 1.807) is 55.5 Å². The molecule has 35 heavy (non-hydrogen) atoms. The second kappa shape index (κ2) is 10.8. The molecule has 0 bridgehead atoms. The van der Waals surface area contributed by atoms with Gasteiger partial charge in [0.1, 0.15) is 0 Å². The van der Waals surface area contributed by atoms with E-state index in [1.165, 1.54) is 18.2 Å². The normalized spacial score (nSPS) is 10.9. The number of para-hydroxylation sites is 1. The van der Waals surface area contributed by atoms with Crippen molar-refractivity contribution in [2.45, 2.75) is 25.2 Å². The number of sulfonamides is 1. The van der Waals surface area contributed by atoms with Crippen molar-refractivity contribution in [1.29, 1.82) is 0 Å². The molecule has 0 atom stereocenters. The summed E-state index contributed by atoms with van der Waals surface area (Å²) in [5.74, 6) is -1.63. The number of rotatable bonds is 9. The summed E-state index contributed by atoms with van der Waals surface area (Å²) in [7, 11) is -3.96. The summed E-state index contributed by atoms with van der Waals surface area (Å²) < 4.78 is 28.5. The maximum Gasteiger partial charge on any atom is 0.262 e. The number of carbonyl (C=O) groups is 3. The fourth-order valence-electron chi connectivity index (χ4n) is 3.24. The molecule has 0 aromatic heterocycles. The van der Waals surface area contributed by atoms with Gasteiger partial charge in [0.05, 0.1) is 16.1 Å². The first-order valence-corrected chi connectivity index (χ1v) is 12.2. The van der Waals surface area contributed by atoms with Crippen LogP contribution in [0.4, 0.5) is 11.4 Å². The fourth-order valence-corrected chi connectivity index (χ4v) is 4.57. The first-order chi connectivity index (χ1) is 16.6. The van der Waals surface area contributed by atoms with Gasteiger partial charge in [-0.1, -0.05) is 35.9 Å². The maximum atomic E-state index is 13.0. The lowest BCUT2D eigenvalue weighted by atomic mass is 10.1.